The molecule has 0 amide bonds. The molecule has 5 atom stereocenters. The third-order valence-corrected chi connectivity index (χ3v) is 9.57. The molecule has 278 valence electrons. The number of benzene rings is 5. The molecule has 1 heterocycles. The molecule has 1 fully saturated rings. The second kappa shape index (κ2) is 20.0. The first-order valence-electron chi connectivity index (χ1n) is 17.3. The van der Waals surface area contributed by atoms with Crippen LogP contribution in [0.3, 0.4) is 0 Å². The number of thiocarbonyl (C=S) groups is 1. The second-order valence-corrected chi connectivity index (χ2v) is 14.0. The molecular weight excluding hydrogens is 727 g/mol. The van der Waals surface area contributed by atoms with E-state index in [-0.39, 0.29) is 42.1 Å². The normalized spacial score (nSPS) is 19.5. The molecular formula is C42H39NO9S2. The standard InChI is InChI=1S/C42H39NO9S2/c44-40(34-21-23-35(24-22-34)43(45)46)54-42(53)52-41-39(50-28-33-19-11-4-12-20-33)38(49-27-32-17-9-3-10-18-32)37(48-26-31-15-7-2-8-16-31)36(51-41)29-47-25-30-13-5-1-6-14-30/h1-24,36-39,41H,25-29H2/t36-,37+,38+,39-,41-/m1/s1. The lowest BCUT2D eigenvalue weighted by Crippen LogP contribution is -2.62. The van der Waals surface area contributed by atoms with Crippen molar-refractivity contribution in [2.45, 2.75) is 57.1 Å². The second-order valence-electron chi connectivity index (χ2n) is 12.4. The van der Waals surface area contributed by atoms with Gasteiger partial charge in [0.15, 0.2) is 0 Å². The highest BCUT2D eigenvalue weighted by Gasteiger charge is 2.50. The highest BCUT2D eigenvalue weighted by atomic mass is 32.2. The van der Waals surface area contributed by atoms with Crippen molar-refractivity contribution in [3.05, 3.63) is 184 Å². The van der Waals surface area contributed by atoms with Crippen molar-refractivity contribution < 1.29 is 38.1 Å². The molecule has 6 rings (SSSR count). The number of nitro groups is 1. The van der Waals surface area contributed by atoms with E-state index < -0.39 is 40.7 Å². The quantitative estimate of drug-likeness (QED) is 0.0547. The molecule has 0 saturated carbocycles. The van der Waals surface area contributed by atoms with Crippen LogP contribution in [0.4, 0.5) is 5.69 Å². The van der Waals surface area contributed by atoms with E-state index in [1.807, 2.05) is 121 Å². The lowest BCUT2D eigenvalue weighted by atomic mass is 9.97. The lowest BCUT2D eigenvalue weighted by Gasteiger charge is -2.45. The Labute approximate surface area is 323 Å². The topological polar surface area (TPSA) is 116 Å². The zero-order valence-electron chi connectivity index (χ0n) is 29.2. The summed E-state index contributed by atoms with van der Waals surface area (Å²) < 4.78 is 39.0. The summed E-state index contributed by atoms with van der Waals surface area (Å²) in [5.74, 6) is 0. The van der Waals surface area contributed by atoms with Crippen molar-refractivity contribution >= 4 is 39.2 Å². The Kier molecular flexibility index (Phi) is 14.4. The van der Waals surface area contributed by atoms with Gasteiger partial charge in [0.2, 0.25) is 15.8 Å². The number of hydrogen-bond acceptors (Lipinski definition) is 11. The molecule has 5 aromatic carbocycles. The molecule has 0 aliphatic carbocycles. The Hall–Kier alpha value is -4.79. The molecule has 0 spiro atoms. The van der Waals surface area contributed by atoms with Gasteiger partial charge in [-0.15, -0.1) is 0 Å². The van der Waals surface area contributed by atoms with Gasteiger partial charge in [0.1, 0.15) is 24.4 Å². The molecule has 5 aromatic rings. The molecule has 1 aliphatic rings. The lowest BCUT2D eigenvalue weighted by molar-refractivity contribution is -0.384. The average Bonchev–Trinajstić information content (AvgIpc) is 3.20. The average molecular weight is 766 g/mol. The molecule has 1 aliphatic heterocycles. The molecule has 10 nitrogen and oxygen atoms in total. The Balaban J connectivity index is 1.29. The van der Waals surface area contributed by atoms with Crippen LogP contribution < -0.4 is 0 Å². The van der Waals surface area contributed by atoms with Gasteiger partial charge in [-0.25, -0.2) is 0 Å². The molecule has 0 radical (unpaired) electrons. The third kappa shape index (κ3) is 11.4. The first-order chi connectivity index (χ1) is 26.4. The van der Waals surface area contributed by atoms with E-state index in [4.69, 9.17) is 40.6 Å². The summed E-state index contributed by atoms with van der Waals surface area (Å²) in [5, 5.41) is 10.7. The van der Waals surface area contributed by atoms with Crippen LogP contribution in [0.2, 0.25) is 0 Å². The maximum Gasteiger partial charge on any atom is 0.269 e. The predicted octanol–water partition coefficient (Wildman–Crippen LogP) is 8.47. The molecule has 54 heavy (non-hydrogen) atoms. The predicted molar refractivity (Wildman–Crippen MR) is 209 cm³/mol. The zero-order chi connectivity index (χ0) is 37.5. The van der Waals surface area contributed by atoms with Crippen LogP contribution in [0.25, 0.3) is 0 Å². The van der Waals surface area contributed by atoms with Gasteiger partial charge in [0.25, 0.3) is 5.69 Å². The van der Waals surface area contributed by atoms with Crippen molar-refractivity contribution in [3.8, 4) is 0 Å². The molecule has 12 heteroatoms. The number of thioether (sulfide) groups is 1. The molecule has 1 saturated heterocycles. The SMILES string of the molecule is O=C(SC(=S)O[C@H]1O[C@H](COCc2ccccc2)[C@H](OCc2ccccc2)[C@H](OCc2ccccc2)[C@H]1OCc1ccccc1)c1ccc([N+](=O)[O-])cc1. The smallest absolute Gasteiger partial charge is 0.269 e. The highest BCUT2D eigenvalue weighted by molar-refractivity contribution is 8.32. The van der Waals surface area contributed by atoms with Gasteiger partial charge in [-0.05, 0) is 46.6 Å². The Morgan fingerprint density at radius 2 is 1.07 bits per heavy atom. The molecule has 0 N–H and O–H groups in total. The van der Waals surface area contributed by atoms with Crippen LogP contribution in [0.15, 0.2) is 146 Å². The molecule has 0 aromatic heterocycles. The van der Waals surface area contributed by atoms with Crippen molar-refractivity contribution in [3.63, 3.8) is 0 Å². The summed E-state index contributed by atoms with van der Waals surface area (Å²) in [4.78, 5) is 23.8. The van der Waals surface area contributed by atoms with E-state index in [2.05, 4.69) is 0 Å². The Morgan fingerprint density at radius 1 is 0.630 bits per heavy atom. The van der Waals surface area contributed by atoms with Crippen LogP contribution >= 0.6 is 24.0 Å². The van der Waals surface area contributed by atoms with Gasteiger partial charge in [0.05, 0.1) is 38.0 Å². The maximum absolute atomic E-state index is 13.2. The van der Waals surface area contributed by atoms with Crippen molar-refractivity contribution in [2.24, 2.45) is 0 Å². The number of rotatable bonds is 16. The Bertz CT molecular complexity index is 1920. The monoisotopic (exact) mass is 765 g/mol. The van der Waals surface area contributed by atoms with Crippen molar-refractivity contribution in [1.29, 1.82) is 0 Å². The third-order valence-electron chi connectivity index (χ3n) is 8.54. The van der Waals surface area contributed by atoms with Gasteiger partial charge in [0, 0.05) is 29.5 Å². The van der Waals surface area contributed by atoms with E-state index >= 15 is 0 Å². The first-order valence-corrected chi connectivity index (χ1v) is 18.6. The summed E-state index contributed by atoms with van der Waals surface area (Å²) in [7, 11) is 0. The summed E-state index contributed by atoms with van der Waals surface area (Å²) in [6, 6.07) is 44.4. The largest absolute Gasteiger partial charge is 0.445 e. The van der Waals surface area contributed by atoms with Crippen LogP contribution in [-0.2, 0) is 54.8 Å². The highest BCUT2D eigenvalue weighted by Crippen LogP contribution is 2.33. The fourth-order valence-corrected chi connectivity index (χ4v) is 6.68. The minimum absolute atomic E-state index is 0.118. The zero-order valence-corrected chi connectivity index (χ0v) is 30.8. The fourth-order valence-electron chi connectivity index (χ4n) is 5.81. The number of non-ortho nitro benzene ring substituents is 1. The van der Waals surface area contributed by atoms with E-state index in [1.54, 1.807) is 0 Å². The molecule has 0 bridgehead atoms. The fraction of sp³-hybridized carbons (Fsp3) is 0.238. The summed E-state index contributed by atoms with van der Waals surface area (Å²) in [6.07, 6.45) is -4.17. The minimum Gasteiger partial charge on any atom is -0.445 e. The number of hydrogen-bond donors (Lipinski definition) is 0. The molecule has 0 unspecified atom stereocenters. The van der Waals surface area contributed by atoms with Gasteiger partial charge in [-0.3, -0.25) is 14.9 Å². The van der Waals surface area contributed by atoms with Crippen LogP contribution in [0, 0.1) is 10.1 Å². The number of nitrogens with zero attached hydrogens (tertiary/aromatic N) is 1. The van der Waals surface area contributed by atoms with Gasteiger partial charge in [-0.2, -0.15) is 0 Å². The van der Waals surface area contributed by atoms with E-state index in [9.17, 15) is 14.9 Å². The number of ether oxygens (including phenoxy) is 6. The minimum atomic E-state index is -1.14. The number of nitro benzene ring substituents is 1. The van der Waals surface area contributed by atoms with Crippen LogP contribution in [-0.4, -0.2) is 51.7 Å². The first kappa shape index (κ1) is 38.9. The van der Waals surface area contributed by atoms with Crippen LogP contribution in [0.1, 0.15) is 32.6 Å². The number of carbonyl (C=O) groups is 1. The summed E-state index contributed by atoms with van der Waals surface area (Å²) in [6.45, 7) is 1.15. The maximum atomic E-state index is 13.2. The van der Waals surface area contributed by atoms with Gasteiger partial charge >= 0.3 is 0 Å². The van der Waals surface area contributed by atoms with E-state index in [0.717, 1.165) is 22.3 Å². The summed E-state index contributed by atoms with van der Waals surface area (Å²) >= 11 is 6.27. The summed E-state index contributed by atoms with van der Waals surface area (Å²) in [5.41, 5.74) is 3.91. The van der Waals surface area contributed by atoms with Gasteiger partial charge in [-0.1, -0.05) is 121 Å². The Morgan fingerprint density at radius 3 is 1.56 bits per heavy atom. The van der Waals surface area contributed by atoms with E-state index in [0.29, 0.717) is 18.4 Å². The van der Waals surface area contributed by atoms with Crippen molar-refractivity contribution in [2.75, 3.05) is 6.61 Å². The van der Waals surface area contributed by atoms with E-state index in [1.165, 1.54) is 24.3 Å². The van der Waals surface area contributed by atoms with Crippen LogP contribution in [0.5, 0.6) is 0 Å². The number of carbonyl (C=O) groups excluding carboxylic acids is 1. The van der Waals surface area contributed by atoms with Crippen molar-refractivity contribution in [1.82, 2.24) is 0 Å². The van der Waals surface area contributed by atoms with Gasteiger partial charge < -0.3 is 28.4 Å².